The van der Waals surface area contributed by atoms with Crippen LogP contribution in [-0.2, 0) is 19.5 Å². The van der Waals surface area contributed by atoms with Gasteiger partial charge in [0.25, 0.3) is 5.56 Å². The zero-order valence-electron chi connectivity index (χ0n) is 12.3. The van der Waals surface area contributed by atoms with E-state index < -0.39 is 5.56 Å². The molecule has 0 unspecified atom stereocenters. The predicted octanol–water partition coefficient (Wildman–Crippen LogP) is 1.56. The zero-order valence-corrected chi connectivity index (χ0v) is 13.0. The number of benzene rings is 1. The maximum atomic E-state index is 12.4. The van der Waals surface area contributed by atoms with Crippen molar-refractivity contribution in [3.8, 4) is 11.8 Å². The third-order valence-electron chi connectivity index (χ3n) is 3.84. The molecule has 6 nitrogen and oxygen atoms in total. The van der Waals surface area contributed by atoms with Crippen LogP contribution >= 0.6 is 11.6 Å². The molecular weight excluding hydrogens is 318 g/mol. The Bertz CT molecular complexity index is 891. The van der Waals surface area contributed by atoms with Crippen LogP contribution in [0.2, 0.25) is 5.02 Å². The van der Waals surface area contributed by atoms with Crippen LogP contribution in [0.3, 0.4) is 0 Å². The normalized spacial score (nSPS) is 12.7. The summed E-state index contributed by atoms with van der Waals surface area (Å²) in [6, 6.07) is 8.74. The minimum Gasteiger partial charge on any atom is -0.492 e. The fourth-order valence-electron chi connectivity index (χ4n) is 2.73. The van der Waals surface area contributed by atoms with Gasteiger partial charge in [-0.3, -0.25) is 13.9 Å². The number of aromatic nitrogens is 2. The number of ether oxygens (including phenoxy) is 1. The van der Waals surface area contributed by atoms with E-state index in [1.807, 2.05) is 6.07 Å². The van der Waals surface area contributed by atoms with Crippen molar-refractivity contribution >= 4 is 11.6 Å². The van der Waals surface area contributed by atoms with Gasteiger partial charge in [-0.05, 0) is 37.1 Å². The van der Waals surface area contributed by atoms with E-state index in [2.05, 4.69) is 0 Å². The first-order chi connectivity index (χ1) is 11.1. The molecule has 0 spiro atoms. The second-order valence-corrected chi connectivity index (χ2v) is 5.67. The summed E-state index contributed by atoms with van der Waals surface area (Å²) in [6.07, 6.45) is 1.37. The second-order valence-electron chi connectivity index (χ2n) is 5.23. The lowest BCUT2D eigenvalue weighted by molar-refractivity contribution is 0.291. The van der Waals surface area contributed by atoms with Crippen molar-refractivity contribution in [2.75, 3.05) is 6.61 Å². The summed E-state index contributed by atoms with van der Waals surface area (Å²) in [5.74, 6) is 0.601. The standard InChI is InChI=1S/C16H14ClN3O3/c17-11-3-5-12(6-4-11)23-9-8-20-15(21)13(10-18)14-2-1-7-19(14)16(20)22/h3-6H,1-2,7-9H2. The van der Waals surface area contributed by atoms with Gasteiger partial charge in [-0.1, -0.05) is 11.6 Å². The Morgan fingerprint density at radius 2 is 2.00 bits per heavy atom. The van der Waals surface area contributed by atoms with Crippen LogP contribution in [0.1, 0.15) is 17.7 Å². The first kappa shape index (κ1) is 15.4. The third kappa shape index (κ3) is 2.88. The fourth-order valence-corrected chi connectivity index (χ4v) is 2.86. The van der Waals surface area contributed by atoms with Crippen molar-refractivity contribution in [2.45, 2.75) is 25.9 Å². The molecule has 1 aromatic carbocycles. The summed E-state index contributed by atoms with van der Waals surface area (Å²) in [6.45, 7) is 0.789. The summed E-state index contributed by atoms with van der Waals surface area (Å²) in [4.78, 5) is 24.7. The highest BCUT2D eigenvalue weighted by atomic mass is 35.5. The van der Waals surface area contributed by atoms with Gasteiger partial charge in [0.2, 0.25) is 0 Å². The Morgan fingerprint density at radius 3 is 2.70 bits per heavy atom. The minimum atomic E-state index is -0.537. The van der Waals surface area contributed by atoms with Gasteiger partial charge in [-0.2, -0.15) is 5.26 Å². The smallest absolute Gasteiger partial charge is 0.331 e. The quantitative estimate of drug-likeness (QED) is 0.852. The van der Waals surface area contributed by atoms with E-state index in [-0.39, 0.29) is 24.4 Å². The molecule has 1 aromatic heterocycles. The number of rotatable bonds is 4. The summed E-state index contributed by atoms with van der Waals surface area (Å²) < 4.78 is 8.11. The monoisotopic (exact) mass is 331 g/mol. The molecule has 0 N–H and O–H groups in total. The molecule has 7 heteroatoms. The average Bonchev–Trinajstić information content (AvgIpc) is 3.02. The molecule has 118 valence electrons. The van der Waals surface area contributed by atoms with Crippen LogP contribution in [0, 0.1) is 11.3 Å². The molecule has 2 heterocycles. The third-order valence-corrected chi connectivity index (χ3v) is 4.09. The molecule has 0 saturated heterocycles. The van der Waals surface area contributed by atoms with Gasteiger partial charge in [-0.25, -0.2) is 4.79 Å². The number of hydrogen-bond donors (Lipinski definition) is 0. The van der Waals surface area contributed by atoms with Gasteiger partial charge >= 0.3 is 5.69 Å². The van der Waals surface area contributed by atoms with Gasteiger partial charge in [0.15, 0.2) is 0 Å². The van der Waals surface area contributed by atoms with Crippen LogP contribution in [0.4, 0.5) is 0 Å². The Morgan fingerprint density at radius 1 is 1.26 bits per heavy atom. The first-order valence-corrected chi connectivity index (χ1v) is 7.64. The fraction of sp³-hybridized carbons (Fsp3) is 0.312. The first-order valence-electron chi connectivity index (χ1n) is 7.27. The lowest BCUT2D eigenvalue weighted by Gasteiger charge is -2.11. The number of hydrogen-bond acceptors (Lipinski definition) is 4. The van der Waals surface area contributed by atoms with Gasteiger partial charge in [-0.15, -0.1) is 0 Å². The topological polar surface area (TPSA) is 77.0 Å². The van der Waals surface area contributed by atoms with Crippen molar-refractivity contribution in [1.82, 2.24) is 9.13 Å². The Hall–Kier alpha value is -2.52. The van der Waals surface area contributed by atoms with Crippen molar-refractivity contribution in [1.29, 1.82) is 5.26 Å². The maximum Gasteiger partial charge on any atom is 0.331 e. The van der Waals surface area contributed by atoms with Crippen molar-refractivity contribution in [3.63, 3.8) is 0 Å². The Kier molecular flexibility index (Phi) is 4.22. The lowest BCUT2D eigenvalue weighted by Crippen LogP contribution is -2.42. The van der Waals surface area contributed by atoms with Crippen molar-refractivity contribution in [2.24, 2.45) is 0 Å². The van der Waals surface area contributed by atoms with E-state index >= 15 is 0 Å². The SMILES string of the molecule is N#Cc1c2n(c(=O)n(CCOc3ccc(Cl)cc3)c1=O)CCC2. The van der Waals surface area contributed by atoms with Gasteiger partial charge < -0.3 is 4.74 Å². The molecule has 0 atom stereocenters. The van der Waals surface area contributed by atoms with E-state index in [1.54, 1.807) is 24.3 Å². The summed E-state index contributed by atoms with van der Waals surface area (Å²) in [7, 11) is 0. The van der Waals surface area contributed by atoms with Crippen LogP contribution in [-0.4, -0.2) is 15.7 Å². The molecule has 0 radical (unpaired) electrons. The average molecular weight is 332 g/mol. The van der Waals surface area contributed by atoms with E-state index in [0.717, 1.165) is 11.0 Å². The van der Waals surface area contributed by atoms with Gasteiger partial charge in [0.1, 0.15) is 24.0 Å². The highest BCUT2D eigenvalue weighted by Crippen LogP contribution is 2.15. The van der Waals surface area contributed by atoms with Gasteiger partial charge in [0, 0.05) is 17.3 Å². The molecule has 2 aromatic rings. The highest BCUT2D eigenvalue weighted by molar-refractivity contribution is 6.30. The molecule has 1 aliphatic heterocycles. The van der Waals surface area contributed by atoms with E-state index in [4.69, 9.17) is 16.3 Å². The van der Waals surface area contributed by atoms with E-state index in [0.29, 0.717) is 29.4 Å². The molecule has 3 rings (SSSR count). The van der Waals surface area contributed by atoms with Crippen molar-refractivity contribution in [3.05, 3.63) is 61.4 Å². The highest BCUT2D eigenvalue weighted by Gasteiger charge is 2.22. The molecule has 0 saturated carbocycles. The molecule has 0 fully saturated rings. The number of nitrogens with zero attached hydrogens (tertiary/aromatic N) is 3. The largest absolute Gasteiger partial charge is 0.492 e. The summed E-state index contributed by atoms with van der Waals surface area (Å²) in [5, 5.41) is 9.81. The van der Waals surface area contributed by atoms with Crippen LogP contribution in [0.15, 0.2) is 33.9 Å². The maximum absolute atomic E-state index is 12.4. The molecule has 1 aliphatic rings. The lowest BCUT2D eigenvalue weighted by atomic mass is 10.2. The number of halogens is 1. The second kappa shape index (κ2) is 6.31. The molecule has 0 aliphatic carbocycles. The summed E-state index contributed by atoms with van der Waals surface area (Å²) in [5.41, 5.74) is -0.294. The molecule has 0 bridgehead atoms. The Labute approximate surface area is 137 Å². The Balaban J connectivity index is 1.84. The summed E-state index contributed by atoms with van der Waals surface area (Å²) >= 11 is 5.79. The minimum absolute atomic E-state index is 0.0635. The van der Waals surface area contributed by atoms with Crippen molar-refractivity contribution < 1.29 is 4.74 Å². The number of nitriles is 1. The zero-order chi connectivity index (χ0) is 16.4. The van der Waals surface area contributed by atoms with Gasteiger partial charge in [0.05, 0.1) is 6.54 Å². The number of fused-ring (bicyclic) bond motifs is 1. The van der Waals surface area contributed by atoms with Crippen LogP contribution in [0.25, 0.3) is 0 Å². The van der Waals surface area contributed by atoms with E-state index in [9.17, 15) is 14.9 Å². The molecule has 23 heavy (non-hydrogen) atoms. The van der Waals surface area contributed by atoms with Crippen LogP contribution in [0.5, 0.6) is 5.75 Å². The molecule has 0 amide bonds. The predicted molar refractivity (Wildman–Crippen MR) is 84.9 cm³/mol. The van der Waals surface area contributed by atoms with E-state index in [1.165, 1.54) is 4.57 Å². The van der Waals surface area contributed by atoms with Crippen LogP contribution < -0.4 is 16.0 Å². The molecular formula is C16H14ClN3O3.